The van der Waals surface area contributed by atoms with Gasteiger partial charge in [-0.1, -0.05) is 11.6 Å². The van der Waals surface area contributed by atoms with Gasteiger partial charge >= 0.3 is 0 Å². The molecule has 1 aromatic rings. The Hall–Kier alpha value is -0.580. The molecule has 0 unspecified atom stereocenters. The average molecular weight is 287 g/mol. The number of nitrogens with zero attached hydrogens (tertiary/aromatic N) is 3. The first-order valence-electron chi connectivity index (χ1n) is 6.89. The third-order valence-corrected chi connectivity index (χ3v) is 3.22. The molecule has 1 rings (SSSR count). The van der Waals surface area contributed by atoms with Crippen molar-refractivity contribution in [3.63, 3.8) is 0 Å². The summed E-state index contributed by atoms with van der Waals surface area (Å²) in [5.41, 5.74) is 1.33. The van der Waals surface area contributed by atoms with Crippen LogP contribution in [0.5, 0.6) is 0 Å². The Morgan fingerprint density at radius 1 is 1.37 bits per heavy atom. The maximum Gasteiger partial charge on any atom is 0.0817 e. The Bertz CT molecular complexity index is 379. The normalized spacial score (nSPS) is 12.4. The quantitative estimate of drug-likeness (QED) is 0.782. The van der Waals surface area contributed by atoms with Crippen molar-refractivity contribution in [3.8, 4) is 0 Å². The number of likely N-dealkylation sites (N-methyl/N-ethyl adjacent to an activating group) is 1. The topological polar surface area (TPSA) is 33.1 Å². The molecule has 0 atom stereocenters. The molecule has 0 bridgehead atoms. The lowest BCUT2D eigenvalue weighted by Gasteiger charge is -2.20. The van der Waals surface area contributed by atoms with Crippen LogP contribution in [-0.2, 0) is 13.0 Å². The minimum absolute atomic E-state index is 0.176. The maximum absolute atomic E-state index is 6.21. The van der Waals surface area contributed by atoms with Crippen LogP contribution in [0.4, 0.5) is 0 Å². The van der Waals surface area contributed by atoms with E-state index in [2.05, 4.69) is 50.2 Å². The highest BCUT2D eigenvalue weighted by Gasteiger charge is 2.11. The van der Waals surface area contributed by atoms with Gasteiger partial charge in [-0.15, -0.1) is 0 Å². The molecule has 1 heterocycles. The van der Waals surface area contributed by atoms with E-state index in [0.717, 1.165) is 43.2 Å². The summed E-state index contributed by atoms with van der Waals surface area (Å²) in [6.45, 7) is 9.41. The Balaban J connectivity index is 2.46. The molecule has 19 heavy (non-hydrogen) atoms. The van der Waals surface area contributed by atoms with E-state index >= 15 is 0 Å². The summed E-state index contributed by atoms with van der Waals surface area (Å²) >= 11 is 6.21. The highest BCUT2D eigenvalue weighted by Crippen LogP contribution is 2.16. The van der Waals surface area contributed by atoms with E-state index in [0.29, 0.717) is 0 Å². The average Bonchev–Trinajstić information content (AvgIpc) is 2.62. The van der Waals surface area contributed by atoms with Gasteiger partial charge in [0.1, 0.15) is 0 Å². The molecule has 0 aliphatic carbocycles. The molecule has 0 amide bonds. The highest BCUT2D eigenvalue weighted by atomic mass is 35.5. The van der Waals surface area contributed by atoms with Crippen molar-refractivity contribution in [1.29, 1.82) is 0 Å². The van der Waals surface area contributed by atoms with Crippen molar-refractivity contribution in [2.75, 3.05) is 27.2 Å². The Morgan fingerprint density at radius 2 is 2.05 bits per heavy atom. The number of halogens is 1. The van der Waals surface area contributed by atoms with Crippen LogP contribution in [0, 0.1) is 0 Å². The maximum atomic E-state index is 6.21. The van der Waals surface area contributed by atoms with Crippen LogP contribution in [0.3, 0.4) is 0 Å². The van der Waals surface area contributed by atoms with Gasteiger partial charge in [0, 0.05) is 12.1 Å². The summed E-state index contributed by atoms with van der Waals surface area (Å²) in [7, 11) is 4.13. The molecule has 110 valence electrons. The van der Waals surface area contributed by atoms with E-state index in [9.17, 15) is 0 Å². The largest absolute Gasteiger partial charge is 0.312 e. The third-order valence-electron chi connectivity index (χ3n) is 2.90. The van der Waals surface area contributed by atoms with Gasteiger partial charge in [-0.05, 0) is 54.3 Å². The van der Waals surface area contributed by atoms with Crippen molar-refractivity contribution < 1.29 is 0 Å². The van der Waals surface area contributed by atoms with Gasteiger partial charge in [-0.2, -0.15) is 5.10 Å². The fraction of sp³-hybridized carbons (Fsp3) is 0.786. The zero-order chi connectivity index (χ0) is 14.5. The van der Waals surface area contributed by atoms with Crippen LogP contribution in [0.2, 0.25) is 5.02 Å². The summed E-state index contributed by atoms with van der Waals surface area (Å²) in [5, 5.41) is 8.63. The van der Waals surface area contributed by atoms with Gasteiger partial charge in [0.2, 0.25) is 0 Å². The monoisotopic (exact) mass is 286 g/mol. The summed E-state index contributed by atoms with van der Waals surface area (Å²) in [4.78, 5) is 2.15. The molecule has 0 aliphatic heterocycles. The van der Waals surface area contributed by atoms with Crippen molar-refractivity contribution in [2.45, 2.75) is 45.7 Å². The van der Waals surface area contributed by atoms with E-state index < -0.39 is 0 Å². The first-order valence-corrected chi connectivity index (χ1v) is 7.27. The zero-order valence-electron chi connectivity index (χ0n) is 12.8. The van der Waals surface area contributed by atoms with Crippen LogP contribution < -0.4 is 5.32 Å². The third kappa shape index (κ3) is 6.41. The lowest BCUT2D eigenvalue weighted by molar-refractivity contribution is 0.368. The van der Waals surface area contributed by atoms with Crippen LogP contribution >= 0.6 is 11.6 Å². The molecule has 4 nitrogen and oxygen atoms in total. The highest BCUT2D eigenvalue weighted by molar-refractivity contribution is 6.31. The minimum atomic E-state index is 0.176. The smallest absolute Gasteiger partial charge is 0.0817 e. The Labute approximate surface area is 122 Å². The zero-order valence-corrected chi connectivity index (χ0v) is 13.6. The van der Waals surface area contributed by atoms with Crippen molar-refractivity contribution in [1.82, 2.24) is 20.0 Å². The predicted molar refractivity (Wildman–Crippen MR) is 81.9 cm³/mol. The van der Waals surface area contributed by atoms with Gasteiger partial charge in [-0.25, -0.2) is 0 Å². The van der Waals surface area contributed by atoms with E-state index in [1.54, 1.807) is 6.20 Å². The standard InChI is InChI=1S/C14H27ClN4/c1-14(2,3)16-8-6-7-13-12(15)11-17-19(13)10-9-18(4)5/h11,16H,6-10H2,1-5H3. The number of rotatable bonds is 7. The van der Waals surface area contributed by atoms with E-state index in [1.165, 1.54) is 0 Å². The number of hydrogen-bond acceptors (Lipinski definition) is 3. The molecular weight excluding hydrogens is 260 g/mol. The van der Waals surface area contributed by atoms with Gasteiger partial charge in [-0.3, -0.25) is 4.68 Å². The second-order valence-corrected chi connectivity index (χ2v) is 6.65. The first kappa shape index (κ1) is 16.5. The molecule has 0 radical (unpaired) electrons. The number of hydrogen-bond donors (Lipinski definition) is 1. The van der Waals surface area contributed by atoms with E-state index in [-0.39, 0.29) is 5.54 Å². The van der Waals surface area contributed by atoms with Crippen LogP contribution in [-0.4, -0.2) is 47.4 Å². The second kappa shape index (κ2) is 7.27. The first-order chi connectivity index (χ1) is 8.79. The molecule has 0 saturated carbocycles. The lowest BCUT2D eigenvalue weighted by atomic mass is 10.1. The van der Waals surface area contributed by atoms with Gasteiger partial charge in [0.05, 0.1) is 23.5 Å². The molecule has 1 N–H and O–H groups in total. The fourth-order valence-electron chi connectivity index (χ4n) is 1.84. The summed E-state index contributed by atoms with van der Waals surface area (Å²) in [6.07, 6.45) is 3.80. The number of nitrogens with one attached hydrogen (secondary N) is 1. The molecule has 0 spiro atoms. The van der Waals surface area contributed by atoms with Crippen LogP contribution in [0.1, 0.15) is 32.9 Å². The Morgan fingerprint density at radius 3 is 2.63 bits per heavy atom. The van der Waals surface area contributed by atoms with Crippen molar-refractivity contribution >= 4 is 11.6 Å². The summed E-state index contributed by atoms with van der Waals surface area (Å²) < 4.78 is 2.03. The molecule has 0 aromatic carbocycles. The molecule has 0 fully saturated rings. The molecular formula is C14H27ClN4. The lowest BCUT2D eigenvalue weighted by Crippen LogP contribution is -2.36. The molecule has 0 aliphatic rings. The minimum Gasteiger partial charge on any atom is -0.312 e. The van der Waals surface area contributed by atoms with Gasteiger partial charge in [0.15, 0.2) is 0 Å². The fourth-order valence-corrected chi connectivity index (χ4v) is 2.08. The van der Waals surface area contributed by atoms with Gasteiger partial charge in [0.25, 0.3) is 0 Å². The van der Waals surface area contributed by atoms with Crippen LogP contribution in [0.25, 0.3) is 0 Å². The van der Waals surface area contributed by atoms with Crippen molar-refractivity contribution in [3.05, 3.63) is 16.9 Å². The SMILES string of the molecule is CN(C)CCn1ncc(Cl)c1CCCNC(C)(C)C. The molecule has 5 heteroatoms. The molecule has 1 aromatic heterocycles. The molecule has 0 saturated heterocycles. The van der Waals surface area contributed by atoms with E-state index in [1.807, 2.05) is 4.68 Å². The summed E-state index contributed by atoms with van der Waals surface area (Å²) in [6, 6.07) is 0. The van der Waals surface area contributed by atoms with Crippen molar-refractivity contribution in [2.24, 2.45) is 0 Å². The van der Waals surface area contributed by atoms with E-state index in [4.69, 9.17) is 11.6 Å². The number of aromatic nitrogens is 2. The predicted octanol–water partition coefficient (Wildman–Crippen LogP) is 2.42. The van der Waals surface area contributed by atoms with Crippen LogP contribution in [0.15, 0.2) is 6.20 Å². The van der Waals surface area contributed by atoms with Gasteiger partial charge < -0.3 is 10.2 Å². The second-order valence-electron chi connectivity index (χ2n) is 6.25. The summed E-state index contributed by atoms with van der Waals surface area (Å²) in [5.74, 6) is 0. The Kier molecular flexibility index (Phi) is 6.30.